The number of hydrogen-bond donors (Lipinski definition) is 2. The van der Waals surface area contributed by atoms with Crippen molar-refractivity contribution in [1.82, 2.24) is 5.32 Å². The fraction of sp³-hybridized carbons (Fsp3) is 0.118. The number of hydrogen-bond acceptors (Lipinski definition) is 5. The van der Waals surface area contributed by atoms with Gasteiger partial charge in [0.2, 0.25) is 0 Å². The number of nitriles is 1. The van der Waals surface area contributed by atoms with Crippen LogP contribution in [0.25, 0.3) is 0 Å². The molecule has 0 bridgehead atoms. The number of methoxy groups -OCH3 is 1. The Hall–Kier alpha value is -3.24. The quantitative estimate of drug-likeness (QED) is 0.854. The maximum Gasteiger partial charge on any atom is 0.325 e. The summed E-state index contributed by atoms with van der Waals surface area (Å²) < 4.78 is 10.2. The first-order chi connectivity index (χ1) is 12.0. The molecule has 0 radical (unpaired) electrons. The van der Waals surface area contributed by atoms with E-state index in [0.717, 1.165) is 0 Å². The van der Waals surface area contributed by atoms with Gasteiger partial charge in [0, 0.05) is 5.69 Å². The molecule has 0 saturated carbocycles. The van der Waals surface area contributed by atoms with E-state index in [1.54, 1.807) is 24.3 Å². The second-order valence-corrected chi connectivity index (χ2v) is 5.18. The van der Waals surface area contributed by atoms with Crippen molar-refractivity contribution in [3.05, 3.63) is 53.1 Å². The maximum atomic E-state index is 11.7. The molecule has 25 heavy (non-hydrogen) atoms. The summed E-state index contributed by atoms with van der Waals surface area (Å²) in [6, 6.07) is 12.3. The topological polar surface area (TPSA) is 100 Å². The van der Waals surface area contributed by atoms with Gasteiger partial charge in [-0.2, -0.15) is 5.26 Å². The predicted octanol–water partition coefficient (Wildman–Crippen LogP) is 2.95. The van der Waals surface area contributed by atoms with E-state index in [4.69, 9.17) is 26.3 Å². The Morgan fingerprint density at radius 3 is 2.52 bits per heavy atom. The van der Waals surface area contributed by atoms with Gasteiger partial charge in [-0.3, -0.25) is 10.1 Å². The van der Waals surface area contributed by atoms with Crippen molar-refractivity contribution in [2.24, 2.45) is 0 Å². The molecule has 2 aromatic rings. The van der Waals surface area contributed by atoms with E-state index in [1.807, 2.05) is 6.07 Å². The molecule has 2 N–H and O–H groups in total. The lowest BCUT2D eigenvalue weighted by molar-refractivity contribution is -0.121. The van der Waals surface area contributed by atoms with Crippen molar-refractivity contribution in [3.8, 4) is 17.6 Å². The van der Waals surface area contributed by atoms with Gasteiger partial charge >= 0.3 is 6.03 Å². The van der Waals surface area contributed by atoms with Crippen molar-refractivity contribution >= 4 is 29.2 Å². The number of carbonyl (C=O) groups excluding carboxylic acids is 2. The summed E-state index contributed by atoms with van der Waals surface area (Å²) in [5.41, 5.74) is 0.878. The van der Waals surface area contributed by atoms with Crippen LogP contribution in [0.5, 0.6) is 11.5 Å². The van der Waals surface area contributed by atoms with E-state index >= 15 is 0 Å². The normalized spacial score (nSPS) is 9.64. The third kappa shape index (κ3) is 5.41. The minimum Gasteiger partial charge on any atom is -0.497 e. The maximum absolute atomic E-state index is 11.7. The van der Waals surface area contributed by atoms with Crippen LogP contribution in [0.15, 0.2) is 42.5 Å². The summed E-state index contributed by atoms with van der Waals surface area (Å²) in [4.78, 5) is 23.5. The van der Waals surface area contributed by atoms with Crippen molar-refractivity contribution in [1.29, 1.82) is 5.26 Å². The van der Waals surface area contributed by atoms with Crippen LogP contribution >= 0.6 is 11.6 Å². The molecule has 128 valence electrons. The predicted molar refractivity (Wildman–Crippen MR) is 91.8 cm³/mol. The van der Waals surface area contributed by atoms with E-state index in [-0.39, 0.29) is 10.8 Å². The van der Waals surface area contributed by atoms with Crippen LogP contribution < -0.4 is 20.1 Å². The number of nitrogens with zero attached hydrogens (tertiary/aromatic N) is 1. The second kappa shape index (κ2) is 8.57. The Bertz CT molecular complexity index is 816. The molecule has 0 unspecified atom stereocenters. The fourth-order valence-corrected chi connectivity index (χ4v) is 2.07. The van der Waals surface area contributed by atoms with Crippen LogP contribution in [-0.2, 0) is 4.79 Å². The van der Waals surface area contributed by atoms with Crippen LogP contribution in [-0.4, -0.2) is 25.7 Å². The number of nitrogens with one attached hydrogen (secondary N) is 2. The molecular formula is C17H14ClN3O4. The van der Waals surface area contributed by atoms with Gasteiger partial charge in [-0.25, -0.2) is 4.79 Å². The van der Waals surface area contributed by atoms with Gasteiger partial charge in [-0.1, -0.05) is 11.6 Å². The number of halogens is 1. The average molecular weight is 360 g/mol. The summed E-state index contributed by atoms with van der Waals surface area (Å²) in [5.74, 6) is 0.243. The molecule has 0 fully saturated rings. The number of imide groups is 1. The van der Waals surface area contributed by atoms with E-state index < -0.39 is 18.5 Å². The lowest BCUT2D eigenvalue weighted by Crippen LogP contribution is -2.37. The zero-order valence-electron chi connectivity index (χ0n) is 13.2. The number of amides is 3. The second-order valence-electron chi connectivity index (χ2n) is 4.78. The Kier molecular flexibility index (Phi) is 6.20. The SMILES string of the molecule is COc1ccc(NC(=O)NC(=O)COc2ccc(C#N)cc2Cl)cc1. The summed E-state index contributed by atoms with van der Waals surface area (Å²) >= 11 is 5.93. The monoisotopic (exact) mass is 359 g/mol. The standard InChI is InChI=1S/C17H14ClN3O4/c1-24-13-5-3-12(4-6-13)20-17(23)21-16(22)10-25-15-7-2-11(9-19)8-14(15)18/h2-8H,10H2,1H3,(H2,20,21,22,23). The van der Waals surface area contributed by atoms with Crippen molar-refractivity contribution < 1.29 is 19.1 Å². The summed E-state index contributed by atoms with van der Waals surface area (Å²) in [7, 11) is 1.54. The van der Waals surface area contributed by atoms with Gasteiger partial charge in [0.1, 0.15) is 11.5 Å². The first-order valence-corrected chi connectivity index (χ1v) is 7.47. The third-order valence-corrected chi connectivity index (χ3v) is 3.32. The molecule has 0 aliphatic rings. The lowest BCUT2D eigenvalue weighted by Gasteiger charge is -2.09. The highest BCUT2D eigenvalue weighted by Crippen LogP contribution is 2.25. The molecule has 0 aliphatic heterocycles. The minimum absolute atomic E-state index is 0.203. The van der Waals surface area contributed by atoms with Gasteiger partial charge in [0.25, 0.3) is 5.91 Å². The number of urea groups is 1. The Morgan fingerprint density at radius 1 is 1.20 bits per heavy atom. The fourth-order valence-electron chi connectivity index (χ4n) is 1.83. The number of anilines is 1. The van der Waals surface area contributed by atoms with Gasteiger partial charge in [-0.05, 0) is 42.5 Å². The third-order valence-electron chi connectivity index (χ3n) is 3.02. The van der Waals surface area contributed by atoms with Crippen LogP contribution in [0, 0.1) is 11.3 Å². The van der Waals surface area contributed by atoms with Gasteiger partial charge in [0.15, 0.2) is 6.61 Å². The molecule has 0 spiro atoms. The number of rotatable bonds is 5. The lowest BCUT2D eigenvalue weighted by atomic mass is 10.2. The number of carbonyl (C=O) groups is 2. The van der Waals surface area contributed by atoms with E-state index in [0.29, 0.717) is 17.0 Å². The van der Waals surface area contributed by atoms with Crippen molar-refractivity contribution in [3.63, 3.8) is 0 Å². The van der Waals surface area contributed by atoms with Gasteiger partial charge in [-0.15, -0.1) is 0 Å². The van der Waals surface area contributed by atoms with E-state index in [1.165, 1.54) is 25.3 Å². The summed E-state index contributed by atoms with van der Waals surface area (Å²) in [5, 5.41) is 13.6. The number of benzene rings is 2. The highest BCUT2D eigenvalue weighted by molar-refractivity contribution is 6.32. The molecule has 0 aromatic heterocycles. The van der Waals surface area contributed by atoms with Crippen LogP contribution in [0.2, 0.25) is 5.02 Å². The largest absolute Gasteiger partial charge is 0.497 e. The highest BCUT2D eigenvalue weighted by atomic mass is 35.5. The Balaban J connectivity index is 1.83. The molecular weight excluding hydrogens is 346 g/mol. The van der Waals surface area contributed by atoms with Crippen LogP contribution in [0.4, 0.5) is 10.5 Å². The Labute approximate surface area is 149 Å². The smallest absolute Gasteiger partial charge is 0.325 e. The first-order valence-electron chi connectivity index (χ1n) is 7.09. The molecule has 2 aromatic carbocycles. The zero-order valence-corrected chi connectivity index (χ0v) is 14.0. The summed E-state index contributed by atoms with van der Waals surface area (Å²) in [6.07, 6.45) is 0. The van der Waals surface area contributed by atoms with E-state index in [9.17, 15) is 9.59 Å². The van der Waals surface area contributed by atoms with Crippen LogP contribution in [0.3, 0.4) is 0 Å². The molecule has 0 heterocycles. The molecule has 7 nitrogen and oxygen atoms in total. The average Bonchev–Trinajstić information content (AvgIpc) is 2.61. The van der Waals surface area contributed by atoms with Crippen LogP contribution in [0.1, 0.15) is 5.56 Å². The van der Waals surface area contributed by atoms with Crippen molar-refractivity contribution in [2.45, 2.75) is 0 Å². The van der Waals surface area contributed by atoms with Gasteiger partial charge < -0.3 is 14.8 Å². The number of ether oxygens (including phenoxy) is 2. The van der Waals surface area contributed by atoms with E-state index in [2.05, 4.69) is 10.6 Å². The minimum atomic E-state index is -0.690. The molecule has 2 rings (SSSR count). The molecule has 3 amide bonds. The first kappa shape index (κ1) is 18.1. The molecule has 0 saturated heterocycles. The molecule has 0 aliphatic carbocycles. The zero-order chi connectivity index (χ0) is 18.2. The molecule has 0 atom stereocenters. The van der Waals surface area contributed by atoms with Gasteiger partial charge in [0.05, 0.1) is 23.8 Å². The highest BCUT2D eigenvalue weighted by Gasteiger charge is 2.10. The summed E-state index contributed by atoms with van der Waals surface area (Å²) in [6.45, 7) is -0.401. The van der Waals surface area contributed by atoms with Crippen molar-refractivity contribution in [2.75, 3.05) is 19.0 Å². The Morgan fingerprint density at radius 2 is 1.92 bits per heavy atom. The molecule has 8 heteroatoms.